The van der Waals surface area contributed by atoms with E-state index in [0.29, 0.717) is 31.8 Å². The van der Waals surface area contributed by atoms with Gasteiger partial charge in [0, 0.05) is 45.1 Å². The molecule has 0 saturated carbocycles. The monoisotopic (exact) mass is 420 g/mol. The summed E-state index contributed by atoms with van der Waals surface area (Å²) in [7, 11) is 2.10. The maximum atomic E-state index is 12.4. The van der Waals surface area contributed by atoms with Gasteiger partial charge < -0.3 is 24.0 Å². The Hall–Kier alpha value is -2.42. The molecular weight excluding hydrogens is 388 g/mol. The zero-order valence-electron chi connectivity index (χ0n) is 18.3. The molecule has 0 aromatic carbocycles. The van der Waals surface area contributed by atoms with Gasteiger partial charge >= 0.3 is 12.1 Å². The molecule has 1 aromatic rings. The number of carbonyl (C=O) groups excluding carboxylic acids is 2. The third-order valence-corrected chi connectivity index (χ3v) is 5.17. The third kappa shape index (κ3) is 6.55. The van der Waals surface area contributed by atoms with Crippen LogP contribution in [0.2, 0.25) is 0 Å². The largest absolute Gasteiger partial charge is 0.473 e. The van der Waals surface area contributed by atoms with Gasteiger partial charge in [0.1, 0.15) is 17.8 Å². The number of ether oxygens (including phenoxy) is 3. The number of aromatic nitrogens is 2. The van der Waals surface area contributed by atoms with Crippen LogP contribution in [0, 0.1) is 0 Å². The van der Waals surface area contributed by atoms with Crippen molar-refractivity contribution < 1.29 is 23.8 Å². The zero-order chi connectivity index (χ0) is 21.7. The second kappa shape index (κ2) is 9.59. The molecule has 166 valence electrons. The van der Waals surface area contributed by atoms with Crippen molar-refractivity contribution in [3.8, 4) is 5.88 Å². The van der Waals surface area contributed by atoms with Gasteiger partial charge in [0.05, 0.1) is 0 Å². The van der Waals surface area contributed by atoms with Crippen molar-refractivity contribution >= 4 is 12.1 Å². The number of hydrogen-bond donors (Lipinski definition) is 0. The van der Waals surface area contributed by atoms with Crippen molar-refractivity contribution in [2.75, 3.05) is 33.2 Å². The molecule has 30 heavy (non-hydrogen) atoms. The molecule has 3 heterocycles. The smallest absolute Gasteiger partial charge is 0.410 e. The SMILES string of the molecule is CN1CCC(Oc2ccc(C(=O)OC3CCN(C(=O)OC(C)(C)C)CC3)nn2)CC1. The highest BCUT2D eigenvalue weighted by molar-refractivity contribution is 5.87. The fraction of sp³-hybridized carbons (Fsp3) is 0.714. The highest BCUT2D eigenvalue weighted by Gasteiger charge is 2.29. The molecule has 2 aliphatic rings. The number of carbonyl (C=O) groups is 2. The minimum atomic E-state index is -0.526. The summed E-state index contributed by atoms with van der Waals surface area (Å²) in [6, 6.07) is 3.24. The molecule has 1 aromatic heterocycles. The number of rotatable bonds is 4. The average Bonchev–Trinajstić information content (AvgIpc) is 2.69. The van der Waals surface area contributed by atoms with E-state index in [9.17, 15) is 9.59 Å². The summed E-state index contributed by atoms with van der Waals surface area (Å²) in [5.41, 5.74) is -0.372. The van der Waals surface area contributed by atoms with Crippen molar-refractivity contribution in [1.82, 2.24) is 20.0 Å². The lowest BCUT2D eigenvalue weighted by Gasteiger charge is -2.33. The van der Waals surface area contributed by atoms with Crippen molar-refractivity contribution in [2.45, 2.75) is 64.3 Å². The molecule has 0 aliphatic carbocycles. The van der Waals surface area contributed by atoms with Gasteiger partial charge in [-0.25, -0.2) is 9.59 Å². The molecule has 3 rings (SSSR count). The van der Waals surface area contributed by atoms with E-state index in [-0.39, 0.29) is 24.0 Å². The quantitative estimate of drug-likeness (QED) is 0.686. The predicted molar refractivity (Wildman–Crippen MR) is 109 cm³/mol. The van der Waals surface area contributed by atoms with E-state index in [1.165, 1.54) is 0 Å². The standard InChI is InChI=1S/C21H32N4O5/c1-21(2,3)30-20(27)25-13-9-16(10-14-25)29-19(26)17-5-6-18(23-22-17)28-15-7-11-24(4)12-8-15/h5-6,15-16H,7-14H2,1-4H3. The lowest BCUT2D eigenvalue weighted by Crippen LogP contribution is -2.43. The van der Waals surface area contributed by atoms with Gasteiger partial charge in [0.15, 0.2) is 5.69 Å². The molecule has 9 heteroatoms. The molecule has 0 radical (unpaired) electrons. The summed E-state index contributed by atoms with van der Waals surface area (Å²) in [5, 5.41) is 7.98. The third-order valence-electron chi connectivity index (χ3n) is 5.17. The van der Waals surface area contributed by atoms with E-state index in [1.807, 2.05) is 20.8 Å². The fourth-order valence-electron chi connectivity index (χ4n) is 3.46. The molecular formula is C21H32N4O5. The van der Waals surface area contributed by atoms with Crippen LogP contribution >= 0.6 is 0 Å². The molecule has 2 fully saturated rings. The minimum Gasteiger partial charge on any atom is -0.473 e. The van der Waals surface area contributed by atoms with Crippen LogP contribution in [-0.2, 0) is 9.47 Å². The van der Waals surface area contributed by atoms with Crippen LogP contribution in [-0.4, -0.2) is 83.1 Å². The van der Waals surface area contributed by atoms with Crippen molar-refractivity contribution in [3.63, 3.8) is 0 Å². The number of esters is 1. The zero-order valence-corrected chi connectivity index (χ0v) is 18.3. The molecule has 0 bridgehead atoms. The van der Waals surface area contributed by atoms with E-state index >= 15 is 0 Å². The van der Waals surface area contributed by atoms with Gasteiger partial charge in [-0.05, 0) is 46.7 Å². The number of hydrogen-bond acceptors (Lipinski definition) is 8. The molecule has 0 spiro atoms. The first-order chi connectivity index (χ1) is 14.2. The Bertz CT molecular complexity index is 718. The first-order valence-electron chi connectivity index (χ1n) is 10.6. The summed E-state index contributed by atoms with van der Waals surface area (Å²) in [5.74, 6) is -0.0872. The van der Waals surface area contributed by atoms with Crippen LogP contribution < -0.4 is 4.74 Å². The Kier molecular flexibility index (Phi) is 7.12. The van der Waals surface area contributed by atoms with Crippen LogP contribution in [0.5, 0.6) is 5.88 Å². The summed E-state index contributed by atoms with van der Waals surface area (Å²) >= 11 is 0. The highest BCUT2D eigenvalue weighted by atomic mass is 16.6. The van der Waals surface area contributed by atoms with Crippen LogP contribution in [0.25, 0.3) is 0 Å². The Labute approximate surface area is 177 Å². The Morgan fingerprint density at radius 2 is 1.60 bits per heavy atom. The van der Waals surface area contributed by atoms with Crippen LogP contribution in [0.15, 0.2) is 12.1 Å². The number of nitrogens with zero attached hydrogens (tertiary/aromatic N) is 4. The van der Waals surface area contributed by atoms with E-state index in [1.54, 1.807) is 17.0 Å². The van der Waals surface area contributed by atoms with Crippen LogP contribution in [0.1, 0.15) is 56.9 Å². The summed E-state index contributed by atoms with van der Waals surface area (Å²) in [6.45, 7) is 8.48. The normalized spacial score (nSPS) is 19.4. The van der Waals surface area contributed by atoms with Gasteiger partial charge in [-0.2, -0.15) is 0 Å². The average molecular weight is 421 g/mol. The van der Waals surface area contributed by atoms with Crippen molar-refractivity contribution in [3.05, 3.63) is 17.8 Å². The Morgan fingerprint density at radius 1 is 0.967 bits per heavy atom. The van der Waals surface area contributed by atoms with Gasteiger partial charge in [0.25, 0.3) is 0 Å². The summed E-state index contributed by atoms with van der Waals surface area (Å²) < 4.78 is 16.8. The van der Waals surface area contributed by atoms with E-state index in [2.05, 4.69) is 22.1 Å². The number of likely N-dealkylation sites (tertiary alicyclic amines) is 2. The minimum absolute atomic E-state index is 0.128. The lowest BCUT2D eigenvalue weighted by atomic mass is 10.1. The van der Waals surface area contributed by atoms with Crippen molar-refractivity contribution in [1.29, 1.82) is 0 Å². The van der Waals surface area contributed by atoms with Crippen LogP contribution in [0.3, 0.4) is 0 Å². The topological polar surface area (TPSA) is 94.1 Å². The fourth-order valence-corrected chi connectivity index (χ4v) is 3.46. The molecule has 9 nitrogen and oxygen atoms in total. The van der Waals surface area contributed by atoms with Gasteiger partial charge in [-0.3, -0.25) is 0 Å². The first-order valence-corrected chi connectivity index (χ1v) is 10.6. The maximum Gasteiger partial charge on any atom is 0.410 e. The van der Waals surface area contributed by atoms with E-state index < -0.39 is 11.6 Å². The summed E-state index contributed by atoms with van der Waals surface area (Å²) in [4.78, 5) is 28.4. The number of piperidine rings is 2. The van der Waals surface area contributed by atoms with Crippen LogP contribution in [0.4, 0.5) is 4.79 Å². The van der Waals surface area contributed by atoms with Gasteiger partial charge in [0.2, 0.25) is 5.88 Å². The number of amides is 1. The second-order valence-corrected chi connectivity index (χ2v) is 8.95. The second-order valence-electron chi connectivity index (χ2n) is 8.95. The molecule has 0 N–H and O–H groups in total. The molecule has 2 saturated heterocycles. The predicted octanol–water partition coefficient (Wildman–Crippen LogP) is 2.51. The molecule has 1 amide bonds. The Balaban J connectivity index is 1.43. The maximum absolute atomic E-state index is 12.4. The molecule has 2 aliphatic heterocycles. The van der Waals surface area contributed by atoms with Gasteiger partial charge in [-0.15, -0.1) is 10.2 Å². The highest BCUT2D eigenvalue weighted by Crippen LogP contribution is 2.19. The van der Waals surface area contributed by atoms with E-state index in [0.717, 1.165) is 25.9 Å². The molecule has 0 unspecified atom stereocenters. The molecule has 0 atom stereocenters. The van der Waals surface area contributed by atoms with Crippen molar-refractivity contribution in [2.24, 2.45) is 0 Å². The van der Waals surface area contributed by atoms with Gasteiger partial charge in [-0.1, -0.05) is 0 Å². The first kappa shape index (κ1) is 22.3. The lowest BCUT2D eigenvalue weighted by molar-refractivity contribution is -0.00377. The summed E-state index contributed by atoms with van der Waals surface area (Å²) in [6.07, 6.45) is 2.56. The Morgan fingerprint density at radius 3 is 2.17 bits per heavy atom. The van der Waals surface area contributed by atoms with E-state index in [4.69, 9.17) is 14.2 Å².